The molecule has 84 valence electrons. The summed E-state index contributed by atoms with van der Waals surface area (Å²) in [5.74, 6) is 1.35. The zero-order valence-corrected chi connectivity index (χ0v) is 8.71. The maximum absolute atomic E-state index is 11.0. The number of nitrogens with two attached hydrogens (primary N) is 1. The number of amides is 1. The second kappa shape index (κ2) is 3.48. The van der Waals surface area contributed by atoms with Crippen molar-refractivity contribution in [3.8, 4) is 23.1 Å². The molecule has 5 nitrogen and oxygen atoms in total. The van der Waals surface area contributed by atoms with Crippen LogP contribution in [-0.4, -0.2) is 10.9 Å². The molecule has 1 aromatic heterocycles. The lowest BCUT2D eigenvalue weighted by Crippen LogP contribution is -2.12. The third kappa shape index (κ3) is 1.57. The van der Waals surface area contributed by atoms with Gasteiger partial charge in [0, 0.05) is 12.3 Å². The summed E-state index contributed by atoms with van der Waals surface area (Å²) in [6.45, 7) is 0. The van der Waals surface area contributed by atoms with E-state index in [-0.39, 0.29) is 5.56 Å². The molecule has 0 radical (unpaired) electrons. The molecule has 2 aromatic rings. The first-order chi connectivity index (χ1) is 8.24. The fourth-order valence-electron chi connectivity index (χ4n) is 1.56. The number of primary amides is 1. The van der Waals surface area contributed by atoms with Gasteiger partial charge in [-0.15, -0.1) is 0 Å². The smallest absolute Gasteiger partial charge is 0.263 e. The number of benzene rings is 1. The minimum atomic E-state index is -0.553. The SMILES string of the molecule is NC(=O)c1cnc2c(c1)Oc1ccccc1O2. The quantitative estimate of drug-likeness (QED) is 0.691. The van der Waals surface area contributed by atoms with E-state index in [4.69, 9.17) is 15.2 Å². The number of carbonyl (C=O) groups excluding carboxylic acids is 1. The number of rotatable bonds is 1. The second-order valence-electron chi connectivity index (χ2n) is 3.54. The molecule has 0 saturated heterocycles. The van der Waals surface area contributed by atoms with Crippen molar-refractivity contribution in [3.63, 3.8) is 0 Å². The van der Waals surface area contributed by atoms with Crippen LogP contribution in [0.25, 0.3) is 0 Å². The van der Waals surface area contributed by atoms with Gasteiger partial charge in [-0.1, -0.05) is 12.1 Å². The summed E-state index contributed by atoms with van der Waals surface area (Å²) in [7, 11) is 0. The van der Waals surface area contributed by atoms with E-state index in [1.165, 1.54) is 12.3 Å². The van der Waals surface area contributed by atoms with Gasteiger partial charge in [-0.2, -0.15) is 0 Å². The third-order valence-electron chi connectivity index (χ3n) is 2.38. The molecular weight excluding hydrogens is 220 g/mol. The van der Waals surface area contributed by atoms with Gasteiger partial charge < -0.3 is 15.2 Å². The number of ether oxygens (including phenoxy) is 2. The maximum Gasteiger partial charge on any atom is 0.263 e. The molecule has 0 saturated carbocycles. The molecule has 0 spiro atoms. The molecule has 2 heterocycles. The van der Waals surface area contributed by atoms with Gasteiger partial charge in [-0.25, -0.2) is 4.98 Å². The summed E-state index contributed by atoms with van der Waals surface area (Å²) in [6, 6.07) is 8.74. The molecule has 1 aliphatic rings. The molecule has 5 heteroatoms. The molecule has 0 bridgehead atoms. The topological polar surface area (TPSA) is 74.4 Å². The van der Waals surface area contributed by atoms with Crippen molar-refractivity contribution in [1.82, 2.24) is 4.98 Å². The Morgan fingerprint density at radius 3 is 2.53 bits per heavy atom. The number of fused-ring (bicyclic) bond motifs is 2. The van der Waals surface area contributed by atoms with Gasteiger partial charge in [-0.3, -0.25) is 4.79 Å². The van der Waals surface area contributed by atoms with Gasteiger partial charge in [0.1, 0.15) is 0 Å². The van der Waals surface area contributed by atoms with Crippen LogP contribution >= 0.6 is 0 Å². The van der Waals surface area contributed by atoms with Crippen LogP contribution in [0.5, 0.6) is 23.1 Å². The Labute approximate surface area is 96.8 Å². The predicted octanol–water partition coefficient (Wildman–Crippen LogP) is 2.08. The van der Waals surface area contributed by atoms with E-state index in [1.807, 2.05) is 12.1 Å². The van der Waals surface area contributed by atoms with E-state index in [2.05, 4.69) is 4.98 Å². The van der Waals surface area contributed by atoms with E-state index in [0.717, 1.165) is 0 Å². The zero-order valence-electron chi connectivity index (χ0n) is 8.71. The molecular formula is C12H8N2O3. The fraction of sp³-hybridized carbons (Fsp3) is 0. The number of carbonyl (C=O) groups is 1. The van der Waals surface area contributed by atoms with Crippen LogP contribution in [0.2, 0.25) is 0 Å². The van der Waals surface area contributed by atoms with Gasteiger partial charge in [0.25, 0.3) is 5.88 Å². The first kappa shape index (κ1) is 9.65. The van der Waals surface area contributed by atoms with Crippen LogP contribution in [0.3, 0.4) is 0 Å². The highest BCUT2D eigenvalue weighted by atomic mass is 16.6. The van der Waals surface area contributed by atoms with Crippen molar-refractivity contribution in [2.45, 2.75) is 0 Å². The Morgan fingerprint density at radius 2 is 1.82 bits per heavy atom. The molecule has 17 heavy (non-hydrogen) atoms. The highest BCUT2D eigenvalue weighted by Gasteiger charge is 2.20. The van der Waals surface area contributed by atoms with Crippen LogP contribution in [0.15, 0.2) is 36.5 Å². The Bertz CT molecular complexity index is 610. The normalized spacial score (nSPS) is 11.8. The van der Waals surface area contributed by atoms with Crippen molar-refractivity contribution in [3.05, 3.63) is 42.1 Å². The van der Waals surface area contributed by atoms with Crippen LogP contribution in [0.1, 0.15) is 10.4 Å². The van der Waals surface area contributed by atoms with Crippen LogP contribution in [-0.2, 0) is 0 Å². The average Bonchev–Trinajstić information content (AvgIpc) is 2.35. The van der Waals surface area contributed by atoms with Gasteiger partial charge >= 0.3 is 0 Å². The lowest BCUT2D eigenvalue weighted by atomic mass is 10.2. The summed E-state index contributed by atoms with van der Waals surface area (Å²) >= 11 is 0. The molecule has 1 amide bonds. The Hall–Kier alpha value is -2.56. The molecule has 1 aliphatic heterocycles. The highest BCUT2D eigenvalue weighted by molar-refractivity contribution is 5.93. The number of aromatic nitrogens is 1. The first-order valence-corrected chi connectivity index (χ1v) is 4.98. The van der Waals surface area contributed by atoms with Gasteiger partial charge in [0.2, 0.25) is 5.91 Å². The van der Waals surface area contributed by atoms with Crippen LogP contribution in [0.4, 0.5) is 0 Å². The summed E-state index contributed by atoms with van der Waals surface area (Å²) < 4.78 is 11.1. The Morgan fingerprint density at radius 1 is 1.12 bits per heavy atom. The number of para-hydroxylation sites is 2. The number of pyridine rings is 1. The molecule has 0 atom stereocenters. The van der Waals surface area contributed by atoms with Crippen molar-refractivity contribution in [1.29, 1.82) is 0 Å². The van der Waals surface area contributed by atoms with Crippen molar-refractivity contribution < 1.29 is 14.3 Å². The van der Waals surface area contributed by atoms with E-state index in [1.54, 1.807) is 12.1 Å². The van der Waals surface area contributed by atoms with E-state index < -0.39 is 5.91 Å². The summed E-state index contributed by atoms with van der Waals surface area (Å²) in [6.07, 6.45) is 1.36. The van der Waals surface area contributed by atoms with E-state index in [0.29, 0.717) is 23.1 Å². The number of hydrogen-bond donors (Lipinski definition) is 1. The Balaban J connectivity index is 2.06. The molecule has 0 fully saturated rings. The molecule has 3 rings (SSSR count). The summed E-state index contributed by atoms with van der Waals surface area (Å²) in [5.41, 5.74) is 5.45. The predicted molar refractivity (Wildman–Crippen MR) is 59.3 cm³/mol. The van der Waals surface area contributed by atoms with E-state index >= 15 is 0 Å². The Kier molecular flexibility index (Phi) is 1.98. The molecule has 1 aromatic carbocycles. The monoisotopic (exact) mass is 228 g/mol. The largest absolute Gasteiger partial charge is 0.448 e. The molecule has 0 aliphatic carbocycles. The van der Waals surface area contributed by atoms with E-state index in [9.17, 15) is 4.79 Å². The van der Waals surface area contributed by atoms with Crippen molar-refractivity contribution in [2.75, 3.05) is 0 Å². The fourth-order valence-corrected chi connectivity index (χ4v) is 1.56. The minimum Gasteiger partial charge on any atom is -0.448 e. The van der Waals surface area contributed by atoms with Crippen molar-refractivity contribution in [2.24, 2.45) is 5.73 Å². The number of hydrogen-bond acceptors (Lipinski definition) is 4. The van der Waals surface area contributed by atoms with Gasteiger partial charge in [0.15, 0.2) is 17.2 Å². The summed E-state index contributed by atoms with van der Waals surface area (Å²) in [5, 5.41) is 0. The molecule has 2 N–H and O–H groups in total. The highest BCUT2D eigenvalue weighted by Crippen LogP contribution is 2.43. The first-order valence-electron chi connectivity index (χ1n) is 4.98. The van der Waals surface area contributed by atoms with Crippen LogP contribution in [0, 0.1) is 0 Å². The van der Waals surface area contributed by atoms with Gasteiger partial charge in [0.05, 0.1) is 5.56 Å². The van der Waals surface area contributed by atoms with Gasteiger partial charge in [-0.05, 0) is 12.1 Å². The summed E-state index contributed by atoms with van der Waals surface area (Å²) in [4.78, 5) is 15.0. The van der Waals surface area contributed by atoms with Crippen LogP contribution < -0.4 is 15.2 Å². The maximum atomic E-state index is 11.0. The number of nitrogens with zero attached hydrogens (tertiary/aromatic N) is 1. The standard InChI is InChI=1S/C12H8N2O3/c13-11(15)7-5-10-12(14-6-7)17-9-4-2-1-3-8(9)16-10/h1-6H,(H2,13,15). The second-order valence-corrected chi connectivity index (χ2v) is 3.54. The minimum absolute atomic E-state index is 0.284. The lowest BCUT2D eigenvalue weighted by Gasteiger charge is -2.19. The zero-order chi connectivity index (χ0) is 11.8. The molecule has 0 unspecified atom stereocenters. The lowest BCUT2D eigenvalue weighted by molar-refractivity contribution is 0.0999. The third-order valence-corrected chi connectivity index (χ3v) is 2.38. The average molecular weight is 228 g/mol. The van der Waals surface area contributed by atoms with Crippen molar-refractivity contribution >= 4 is 5.91 Å².